The van der Waals surface area contributed by atoms with E-state index in [0.717, 1.165) is 53.8 Å². The second kappa shape index (κ2) is 6.29. The Morgan fingerprint density at radius 2 is 2.17 bits per heavy atom. The van der Waals surface area contributed by atoms with E-state index in [9.17, 15) is 4.79 Å². The molecule has 1 N–H and O–H groups in total. The van der Waals surface area contributed by atoms with Crippen LogP contribution in [0.1, 0.15) is 50.7 Å². The van der Waals surface area contributed by atoms with Crippen molar-refractivity contribution in [3.05, 3.63) is 22.5 Å². The number of nitrogens with zero attached hydrogens (tertiary/aromatic N) is 3. The van der Waals surface area contributed by atoms with Crippen LogP contribution in [0.15, 0.2) is 21.2 Å². The molecule has 29 heavy (non-hydrogen) atoms. The minimum Gasteiger partial charge on any atom is -0.444 e. The van der Waals surface area contributed by atoms with Gasteiger partial charge in [-0.1, -0.05) is 0 Å². The Morgan fingerprint density at radius 3 is 2.97 bits per heavy atom. The minimum absolute atomic E-state index is 0.242. The second-order valence-electron chi connectivity index (χ2n) is 9.30. The third-order valence-electron chi connectivity index (χ3n) is 7.80. The van der Waals surface area contributed by atoms with Crippen LogP contribution in [0.4, 0.5) is 5.82 Å². The van der Waals surface area contributed by atoms with E-state index >= 15 is 0 Å². The molecule has 0 amide bonds. The molecule has 7 rings (SSSR count). The van der Waals surface area contributed by atoms with E-state index in [0.29, 0.717) is 35.1 Å². The van der Waals surface area contributed by atoms with Gasteiger partial charge in [0.2, 0.25) is 5.76 Å². The van der Waals surface area contributed by atoms with E-state index in [-0.39, 0.29) is 5.54 Å². The Morgan fingerprint density at radius 1 is 1.34 bits per heavy atom. The Labute approximate surface area is 177 Å². The molecule has 2 aromatic rings. The number of furan rings is 1. The maximum atomic E-state index is 12.2. The van der Waals surface area contributed by atoms with Gasteiger partial charge in [-0.15, -0.1) is 0 Å². The summed E-state index contributed by atoms with van der Waals surface area (Å²) in [5.41, 5.74) is 0.863. The van der Waals surface area contributed by atoms with Gasteiger partial charge in [-0.25, -0.2) is 4.98 Å². The van der Waals surface area contributed by atoms with E-state index in [1.807, 2.05) is 6.07 Å². The fraction of sp³-hybridized carbons (Fsp3) is 0.591. The van der Waals surface area contributed by atoms with Crippen LogP contribution >= 0.6 is 15.9 Å². The van der Waals surface area contributed by atoms with Gasteiger partial charge in [0, 0.05) is 48.0 Å². The van der Waals surface area contributed by atoms with Crippen LogP contribution in [0, 0.1) is 23.2 Å². The highest BCUT2D eigenvalue weighted by Crippen LogP contribution is 2.62. The molecule has 4 heterocycles. The molecular weight excluding hydrogens is 432 g/mol. The van der Waals surface area contributed by atoms with Crippen molar-refractivity contribution in [2.24, 2.45) is 11.8 Å². The molecule has 6 nitrogen and oxygen atoms in total. The highest BCUT2D eigenvalue weighted by atomic mass is 79.9. The van der Waals surface area contributed by atoms with E-state index in [1.54, 1.807) is 12.3 Å². The van der Waals surface area contributed by atoms with Gasteiger partial charge in [0.15, 0.2) is 5.58 Å². The van der Waals surface area contributed by atoms with Crippen molar-refractivity contribution >= 4 is 38.5 Å². The van der Waals surface area contributed by atoms with Crippen LogP contribution in [0.25, 0.3) is 11.0 Å². The summed E-state index contributed by atoms with van der Waals surface area (Å²) in [6, 6.07) is 4.81. The van der Waals surface area contributed by atoms with Crippen LogP contribution in [0.5, 0.6) is 0 Å². The van der Waals surface area contributed by atoms with Crippen LogP contribution in [0.3, 0.4) is 0 Å². The number of ketones is 1. The molecule has 2 aromatic heterocycles. The third-order valence-corrected chi connectivity index (χ3v) is 8.60. The lowest BCUT2D eigenvalue weighted by atomic mass is 9.76. The summed E-state index contributed by atoms with van der Waals surface area (Å²) in [6.45, 7) is 1.00. The molecule has 2 bridgehead atoms. The minimum atomic E-state index is 0.242. The van der Waals surface area contributed by atoms with Gasteiger partial charge < -0.3 is 9.73 Å². The number of aromatic nitrogens is 1. The molecule has 7 heteroatoms. The Kier molecular flexibility index (Phi) is 3.89. The van der Waals surface area contributed by atoms with E-state index in [4.69, 9.17) is 9.68 Å². The van der Waals surface area contributed by atoms with Crippen molar-refractivity contribution in [2.75, 3.05) is 11.9 Å². The number of hydrogen-bond donors (Lipinski definition) is 1. The SMILES string of the molecule is N#Cc1cc2c(Br)c(NC3CCC(N4C[C@@H]5CC6C[C@]64CC5=O)CC3)ncc2o1. The summed E-state index contributed by atoms with van der Waals surface area (Å²) in [6.07, 6.45) is 9.47. The number of hydrogen-bond acceptors (Lipinski definition) is 6. The summed E-state index contributed by atoms with van der Waals surface area (Å²) in [4.78, 5) is 19.5. The monoisotopic (exact) mass is 454 g/mol. The predicted molar refractivity (Wildman–Crippen MR) is 111 cm³/mol. The second-order valence-corrected chi connectivity index (χ2v) is 10.1. The van der Waals surface area contributed by atoms with Gasteiger partial charge in [-0.3, -0.25) is 9.69 Å². The Hall–Kier alpha value is -1.91. The predicted octanol–water partition coefficient (Wildman–Crippen LogP) is 4.24. The lowest BCUT2D eigenvalue weighted by Gasteiger charge is -2.50. The van der Waals surface area contributed by atoms with Crippen molar-refractivity contribution in [1.29, 1.82) is 5.26 Å². The van der Waals surface area contributed by atoms with E-state index in [1.165, 1.54) is 19.3 Å². The summed E-state index contributed by atoms with van der Waals surface area (Å²) < 4.78 is 6.31. The number of piperidine rings is 2. The fourth-order valence-electron chi connectivity index (χ4n) is 6.23. The van der Waals surface area contributed by atoms with Gasteiger partial charge in [-0.05, 0) is 60.4 Å². The van der Waals surface area contributed by atoms with Crippen molar-refractivity contribution in [3.63, 3.8) is 0 Å². The quantitative estimate of drug-likeness (QED) is 0.746. The van der Waals surface area contributed by atoms with E-state index < -0.39 is 0 Å². The summed E-state index contributed by atoms with van der Waals surface area (Å²) in [5, 5.41) is 13.5. The summed E-state index contributed by atoms with van der Waals surface area (Å²) in [5.74, 6) is 2.73. The third kappa shape index (κ3) is 2.69. The molecule has 3 aliphatic carbocycles. The zero-order valence-corrected chi connectivity index (χ0v) is 17.7. The highest BCUT2D eigenvalue weighted by molar-refractivity contribution is 9.10. The van der Waals surface area contributed by atoms with Gasteiger partial charge in [0.25, 0.3) is 0 Å². The summed E-state index contributed by atoms with van der Waals surface area (Å²) >= 11 is 3.63. The van der Waals surface area contributed by atoms with Crippen LogP contribution in [-0.2, 0) is 4.79 Å². The number of rotatable bonds is 3. The maximum Gasteiger partial charge on any atom is 0.204 e. The lowest BCUT2D eigenvalue weighted by molar-refractivity contribution is -0.135. The number of fused-ring (bicyclic) bond motifs is 3. The number of anilines is 1. The molecule has 0 aromatic carbocycles. The van der Waals surface area contributed by atoms with Gasteiger partial charge in [-0.2, -0.15) is 5.26 Å². The number of nitriles is 1. The molecule has 3 atom stereocenters. The van der Waals surface area contributed by atoms with Crippen LogP contribution < -0.4 is 5.32 Å². The number of carbonyl (C=O) groups is 1. The first-order valence-electron chi connectivity index (χ1n) is 10.6. The van der Waals surface area contributed by atoms with Crippen molar-refractivity contribution in [2.45, 2.75) is 62.6 Å². The van der Waals surface area contributed by atoms with Crippen LogP contribution in [0.2, 0.25) is 0 Å². The molecule has 2 aliphatic heterocycles. The Bertz CT molecular complexity index is 1050. The average molecular weight is 455 g/mol. The fourth-order valence-corrected chi connectivity index (χ4v) is 6.76. The molecule has 2 saturated heterocycles. The highest BCUT2D eigenvalue weighted by Gasteiger charge is 2.67. The van der Waals surface area contributed by atoms with Gasteiger partial charge in [0.1, 0.15) is 17.7 Å². The van der Waals surface area contributed by atoms with Crippen molar-refractivity contribution in [3.8, 4) is 6.07 Å². The molecule has 0 radical (unpaired) electrons. The number of Topliss-reactive ketones (excluding diaryl/α,β-unsaturated/α-hetero) is 1. The maximum absolute atomic E-state index is 12.2. The lowest BCUT2D eigenvalue weighted by Crippen LogP contribution is -2.59. The zero-order valence-electron chi connectivity index (χ0n) is 16.2. The molecular formula is C22H23BrN4O2. The largest absolute Gasteiger partial charge is 0.444 e. The Balaban J connectivity index is 1.13. The van der Waals surface area contributed by atoms with Gasteiger partial charge in [0.05, 0.1) is 10.7 Å². The molecule has 5 aliphatic rings. The number of halogens is 1. The zero-order chi connectivity index (χ0) is 19.8. The van der Waals surface area contributed by atoms with E-state index in [2.05, 4.69) is 31.1 Å². The molecule has 3 saturated carbocycles. The summed E-state index contributed by atoms with van der Waals surface area (Å²) in [7, 11) is 0. The molecule has 1 unspecified atom stereocenters. The number of nitrogens with one attached hydrogen (secondary N) is 1. The first-order valence-corrected chi connectivity index (χ1v) is 11.4. The normalized spacial score (nSPS) is 36.1. The number of carbonyl (C=O) groups excluding carboxylic acids is 1. The molecule has 5 fully saturated rings. The van der Waals surface area contributed by atoms with Crippen molar-refractivity contribution in [1.82, 2.24) is 9.88 Å². The van der Waals surface area contributed by atoms with Gasteiger partial charge >= 0.3 is 0 Å². The number of pyridine rings is 1. The first-order chi connectivity index (χ1) is 14.1. The van der Waals surface area contributed by atoms with Crippen molar-refractivity contribution < 1.29 is 9.21 Å². The smallest absolute Gasteiger partial charge is 0.204 e. The average Bonchev–Trinajstić information content (AvgIpc) is 3.29. The molecule has 1 spiro atoms. The standard InChI is InChI=1S/C22H23BrN4O2/c23-20-17-6-16(9-24)29-19(17)10-25-21(20)26-14-1-3-15(4-2-14)27-11-12-5-13-7-22(13,27)8-18(12)28/h6,10,12-15H,1-5,7-8,11H2,(H,25,26)/t12-,13?,14?,15?,22-/m0/s1. The van der Waals surface area contributed by atoms with Crippen LogP contribution in [-0.4, -0.2) is 39.8 Å². The first kappa shape index (κ1) is 17.9. The molecule has 150 valence electrons. The topological polar surface area (TPSA) is 82.2 Å².